The summed E-state index contributed by atoms with van der Waals surface area (Å²) >= 11 is 0. The number of anilines is 1. The number of nitrogens with one attached hydrogen (secondary N) is 1. The zero-order chi connectivity index (χ0) is 16.0. The summed E-state index contributed by atoms with van der Waals surface area (Å²) in [6, 6.07) is 7.66. The molecule has 1 aliphatic carbocycles. The first kappa shape index (κ1) is 13.9. The van der Waals surface area contributed by atoms with E-state index in [1.54, 1.807) is 12.1 Å². The summed E-state index contributed by atoms with van der Waals surface area (Å²) in [5, 5.41) is 14.8. The van der Waals surface area contributed by atoms with E-state index in [4.69, 9.17) is 0 Å². The van der Waals surface area contributed by atoms with Gasteiger partial charge in [0.25, 0.3) is 5.69 Å². The molecule has 0 amide bonds. The molecule has 1 N–H and O–H groups in total. The van der Waals surface area contributed by atoms with Crippen molar-refractivity contribution in [3.63, 3.8) is 0 Å². The second-order valence-corrected chi connectivity index (χ2v) is 6.24. The second kappa shape index (κ2) is 5.19. The molecule has 5 nitrogen and oxygen atoms in total. The van der Waals surface area contributed by atoms with E-state index in [9.17, 15) is 10.1 Å². The van der Waals surface area contributed by atoms with E-state index >= 15 is 0 Å². The Bertz CT molecular complexity index is 801. The highest BCUT2D eigenvalue weighted by Crippen LogP contribution is 2.51. The maximum atomic E-state index is 11.2. The third-order valence-corrected chi connectivity index (χ3v) is 4.93. The Morgan fingerprint density at radius 2 is 2.09 bits per heavy atom. The van der Waals surface area contributed by atoms with Gasteiger partial charge in [0.2, 0.25) is 0 Å². The van der Waals surface area contributed by atoms with Gasteiger partial charge in [-0.1, -0.05) is 12.2 Å². The lowest BCUT2D eigenvalue weighted by Crippen LogP contribution is -2.29. The number of allylic oxidation sites excluding steroid dienone is 2. The topological polar surface area (TPSA) is 68.1 Å². The molecule has 5 heteroatoms. The number of benzene rings is 1. The fourth-order valence-electron chi connectivity index (χ4n) is 3.87. The van der Waals surface area contributed by atoms with Crippen LogP contribution in [0, 0.1) is 23.0 Å². The molecule has 0 bridgehead atoms. The van der Waals surface area contributed by atoms with Crippen LogP contribution in [0.5, 0.6) is 0 Å². The molecule has 0 radical (unpaired) electrons. The minimum atomic E-state index is -0.310. The van der Waals surface area contributed by atoms with Crippen molar-refractivity contribution in [3.8, 4) is 0 Å². The van der Waals surface area contributed by atoms with Crippen LogP contribution in [-0.2, 0) is 0 Å². The molecule has 23 heavy (non-hydrogen) atoms. The van der Waals surface area contributed by atoms with E-state index in [0.29, 0.717) is 5.92 Å². The molecule has 2 heterocycles. The van der Waals surface area contributed by atoms with Gasteiger partial charge in [-0.05, 0) is 48.1 Å². The van der Waals surface area contributed by atoms with Gasteiger partial charge in [-0.3, -0.25) is 15.1 Å². The molecule has 3 atom stereocenters. The first-order chi connectivity index (χ1) is 11.1. The largest absolute Gasteiger partial charge is 0.377 e. The average molecular weight is 307 g/mol. The number of pyridine rings is 1. The maximum Gasteiger partial charge on any atom is 0.270 e. The van der Waals surface area contributed by atoms with Crippen LogP contribution in [0.4, 0.5) is 11.4 Å². The molecule has 1 aromatic carbocycles. The molecule has 2 aliphatic rings. The van der Waals surface area contributed by atoms with Gasteiger partial charge < -0.3 is 5.32 Å². The minimum absolute atomic E-state index is 0.171. The van der Waals surface area contributed by atoms with Crippen LogP contribution in [-0.4, -0.2) is 9.91 Å². The van der Waals surface area contributed by atoms with E-state index in [1.165, 1.54) is 5.56 Å². The molecule has 0 unspecified atom stereocenters. The number of nitro benzene ring substituents is 1. The summed E-state index contributed by atoms with van der Waals surface area (Å²) in [7, 11) is 0. The van der Waals surface area contributed by atoms with Gasteiger partial charge in [-0.2, -0.15) is 0 Å². The van der Waals surface area contributed by atoms with Crippen LogP contribution in [0.3, 0.4) is 0 Å². The van der Waals surface area contributed by atoms with Gasteiger partial charge in [0, 0.05) is 36.1 Å². The van der Waals surface area contributed by atoms with Crippen molar-refractivity contribution in [2.75, 3.05) is 5.32 Å². The highest BCUT2D eigenvalue weighted by Gasteiger charge is 2.39. The van der Waals surface area contributed by atoms with Crippen LogP contribution in [0.15, 0.2) is 48.8 Å². The normalized spacial score (nSPS) is 24.7. The smallest absolute Gasteiger partial charge is 0.270 e. The average Bonchev–Trinajstić information content (AvgIpc) is 3.04. The molecule has 116 valence electrons. The lowest BCUT2D eigenvalue weighted by atomic mass is 9.76. The van der Waals surface area contributed by atoms with Crippen molar-refractivity contribution in [1.29, 1.82) is 0 Å². The monoisotopic (exact) mass is 307 g/mol. The van der Waals surface area contributed by atoms with Gasteiger partial charge in [-0.15, -0.1) is 0 Å². The Hall–Kier alpha value is -2.69. The highest BCUT2D eigenvalue weighted by molar-refractivity contribution is 5.67. The Morgan fingerprint density at radius 1 is 1.30 bits per heavy atom. The van der Waals surface area contributed by atoms with Gasteiger partial charge in [0.1, 0.15) is 0 Å². The second-order valence-electron chi connectivity index (χ2n) is 6.24. The number of non-ortho nitro benzene ring substituents is 1. The van der Waals surface area contributed by atoms with Crippen molar-refractivity contribution in [2.45, 2.75) is 25.3 Å². The van der Waals surface area contributed by atoms with Crippen molar-refractivity contribution in [2.24, 2.45) is 5.92 Å². The van der Waals surface area contributed by atoms with Crippen molar-refractivity contribution in [3.05, 3.63) is 75.6 Å². The molecule has 4 rings (SSSR count). The minimum Gasteiger partial charge on any atom is -0.377 e. The standard InChI is InChI=1S/C18H17N3O2/c1-11-9-13(21(22)23)10-16-14-3-2-4-15(14)18(20-17(11)16)12-5-7-19-8-6-12/h2-3,5-10,14-15,18,20H,4H2,1H3/t14-,15+,18+/m0/s1. The SMILES string of the molecule is Cc1cc([N+](=O)[O-])cc2c1N[C@H](c1ccncc1)[C@@H]1CC=C[C@H]21. The summed E-state index contributed by atoms with van der Waals surface area (Å²) in [5.41, 5.74) is 4.38. The Balaban J connectivity index is 1.84. The van der Waals surface area contributed by atoms with E-state index < -0.39 is 0 Å². The summed E-state index contributed by atoms with van der Waals surface area (Å²) in [6.45, 7) is 1.93. The quantitative estimate of drug-likeness (QED) is 0.514. The first-order valence-electron chi connectivity index (χ1n) is 7.77. The Labute approximate surface area is 134 Å². The molecule has 0 saturated heterocycles. The molecule has 0 saturated carbocycles. The number of hydrogen-bond acceptors (Lipinski definition) is 4. The van der Waals surface area contributed by atoms with E-state index in [-0.39, 0.29) is 22.6 Å². The fraction of sp³-hybridized carbons (Fsp3) is 0.278. The van der Waals surface area contributed by atoms with Crippen LogP contribution in [0.1, 0.15) is 35.1 Å². The number of rotatable bonds is 2. The third kappa shape index (κ3) is 2.20. The van der Waals surface area contributed by atoms with Crippen molar-refractivity contribution >= 4 is 11.4 Å². The van der Waals surface area contributed by atoms with Gasteiger partial charge in [0.05, 0.1) is 11.0 Å². The van der Waals surface area contributed by atoms with Crippen LogP contribution < -0.4 is 5.32 Å². The Morgan fingerprint density at radius 3 is 2.83 bits per heavy atom. The van der Waals surface area contributed by atoms with Crippen LogP contribution in [0.2, 0.25) is 0 Å². The Kier molecular flexibility index (Phi) is 3.15. The summed E-state index contributed by atoms with van der Waals surface area (Å²) in [6.07, 6.45) is 8.99. The van der Waals surface area contributed by atoms with Crippen molar-refractivity contribution in [1.82, 2.24) is 4.98 Å². The number of hydrogen-bond donors (Lipinski definition) is 1. The number of fused-ring (bicyclic) bond motifs is 3. The maximum absolute atomic E-state index is 11.2. The predicted molar refractivity (Wildman–Crippen MR) is 88.4 cm³/mol. The summed E-state index contributed by atoms with van der Waals surface area (Å²) in [5.74, 6) is 0.606. The van der Waals surface area contributed by atoms with Crippen molar-refractivity contribution < 1.29 is 4.92 Å². The number of nitro groups is 1. The molecular formula is C18H17N3O2. The summed E-state index contributed by atoms with van der Waals surface area (Å²) in [4.78, 5) is 15.0. The molecule has 2 aromatic rings. The van der Waals surface area contributed by atoms with Crippen LogP contribution >= 0.6 is 0 Å². The summed E-state index contributed by atoms with van der Waals surface area (Å²) < 4.78 is 0. The van der Waals surface area contributed by atoms with E-state index in [2.05, 4.69) is 22.5 Å². The molecule has 0 spiro atoms. The zero-order valence-electron chi connectivity index (χ0n) is 12.8. The molecule has 1 aliphatic heterocycles. The molecule has 0 fully saturated rings. The lowest BCUT2D eigenvalue weighted by Gasteiger charge is -2.38. The number of aryl methyl sites for hydroxylation is 1. The van der Waals surface area contributed by atoms with E-state index in [0.717, 1.165) is 23.2 Å². The number of aromatic nitrogens is 1. The lowest BCUT2D eigenvalue weighted by molar-refractivity contribution is -0.385. The first-order valence-corrected chi connectivity index (χ1v) is 7.77. The van der Waals surface area contributed by atoms with Gasteiger partial charge >= 0.3 is 0 Å². The van der Waals surface area contributed by atoms with Gasteiger partial charge in [0.15, 0.2) is 0 Å². The predicted octanol–water partition coefficient (Wildman–Crippen LogP) is 4.12. The zero-order valence-corrected chi connectivity index (χ0v) is 12.8. The van der Waals surface area contributed by atoms with Gasteiger partial charge in [-0.25, -0.2) is 0 Å². The number of nitrogens with zero attached hydrogens (tertiary/aromatic N) is 2. The van der Waals surface area contributed by atoms with Crippen LogP contribution in [0.25, 0.3) is 0 Å². The fourth-order valence-corrected chi connectivity index (χ4v) is 3.87. The third-order valence-electron chi connectivity index (χ3n) is 4.93. The molecular weight excluding hydrogens is 290 g/mol. The highest BCUT2D eigenvalue weighted by atomic mass is 16.6. The van der Waals surface area contributed by atoms with E-state index in [1.807, 2.05) is 31.5 Å². The molecule has 1 aromatic heterocycles.